The molecule has 0 radical (unpaired) electrons. The molecule has 12 heteroatoms. The van der Waals surface area contributed by atoms with Crippen molar-refractivity contribution < 1.29 is 28.5 Å². The predicted octanol–water partition coefficient (Wildman–Crippen LogP) is 3.09. The van der Waals surface area contributed by atoms with E-state index in [0.717, 1.165) is 18.5 Å². The van der Waals surface area contributed by atoms with E-state index in [-0.39, 0.29) is 36.9 Å². The van der Waals surface area contributed by atoms with Crippen LogP contribution in [0.15, 0.2) is 30.5 Å². The van der Waals surface area contributed by atoms with Gasteiger partial charge in [0.2, 0.25) is 5.88 Å². The molecule has 39 heavy (non-hydrogen) atoms. The molecule has 2 saturated heterocycles. The first-order valence-corrected chi connectivity index (χ1v) is 12.7. The summed E-state index contributed by atoms with van der Waals surface area (Å²) < 4.78 is 32.0. The lowest BCUT2D eigenvalue weighted by Crippen LogP contribution is -2.68. The zero-order chi connectivity index (χ0) is 26.5. The molecule has 2 bridgehead atoms. The van der Waals surface area contributed by atoms with E-state index in [2.05, 4.69) is 25.6 Å². The van der Waals surface area contributed by atoms with Crippen LogP contribution in [0.4, 0.5) is 10.2 Å². The monoisotopic (exact) mass is 559 g/mol. The Balaban J connectivity index is 0.00000308. The van der Waals surface area contributed by atoms with Gasteiger partial charge in [-0.2, -0.15) is 0 Å². The Morgan fingerprint density at radius 1 is 1.21 bits per heavy atom. The molecule has 1 atom stereocenters. The summed E-state index contributed by atoms with van der Waals surface area (Å²) in [6, 6.07) is 7.09. The van der Waals surface area contributed by atoms with E-state index in [0.29, 0.717) is 60.0 Å². The van der Waals surface area contributed by atoms with Gasteiger partial charge < -0.3 is 30.0 Å². The molecule has 3 fully saturated rings. The number of fused-ring (bicyclic) bond motifs is 5. The third kappa shape index (κ3) is 4.88. The number of aromatic nitrogens is 3. The molecule has 3 aromatic rings. The lowest BCUT2D eigenvalue weighted by Gasteiger charge is -2.58. The zero-order valence-electron chi connectivity index (χ0n) is 21.8. The SMILES string of the molecule is COc1ccc2ncc(F)c(CC(C)(O)C34CCC(NCc5ccc6c(n5)NC(=O)CO6)(CC3)CO4)c2n1.Cl. The van der Waals surface area contributed by atoms with Crippen molar-refractivity contribution in [3.05, 3.63) is 47.5 Å². The third-order valence-corrected chi connectivity index (χ3v) is 8.27. The number of hydrogen-bond acceptors (Lipinski definition) is 9. The number of halogens is 2. The molecular weight excluding hydrogens is 529 g/mol. The second-order valence-electron chi connectivity index (χ2n) is 10.7. The molecule has 0 aromatic carbocycles. The fourth-order valence-electron chi connectivity index (χ4n) is 5.86. The summed E-state index contributed by atoms with van der Waals surface area (Å²) in [5.41, 5.74) is -0.399. The number of carbonyl (C=O) groups excluding carboxylic acids is 1. The summed E-state index contributed by atoms with van der Waals surface area (Å²) >= 11 is 0. The van der Waals surface area contributed by atoms with Crippen molar-refractivity contribution in [2.75, 3.05) is 25.6 Å². The highest BCUT2D eigenvalue weighted by atomic mass is 35.5. The van der Waals surface area contributed by atoms with Gasteiger partial charge in [-0.3, -0.25) is 9.78 Å². The first kappa shape index (κ1) is 27.4. The Morgan fingerprint density at radius 3 is 2.72 bits per heavy atom. The van der Waals surface area contributed by atoms with Crippen LogP contribution in [-0.2, 0) is 22.5 Å². The van der Waals surface area contributed by atoms with Gasteiger partial charge in [-0.05, 0) is 50.8 Å². The molecule has 1 amide bonds. The molecule has 10 nitrogen and oxygen atoms in total. The Bertz CT molecular complexity index is 1400. The standard InChI is InChI=1S/C27H30FN5O5.ClH/c1-25(35,11-17-18(28)13-29-19-4-6-22(36-2)33-23(17)19)27-9-7-26(8-10-27,15-38-27)30-12-16-3-5-20-24(31-16)32-21(34)14-37-20;/h3-6,13,30,35H,7-12,14-15H2,1-2H3,(H,31,32,34);1H. The molecule has 1 unspecified atom stereocenters. The summed E-state index contributed by atoms with van der Waals surface area (Å²) in [6.45, 7) is 2.63. The van der Waals surface area contributed by atoms with E-state index >= 15 is 0 Å². The van der Waals surface area contributed by atoms with Crippen molar-refractivity contribution in [2.24, 2.45) is 0 Å². The molecule has 3 N–H and O–H groups in total. The fraction of sp³-hybridized carbons (Fsp3) is 0.481. The third-order valence-electron chi connectivity index (χ3n) is 8.27. The predicted molar refractivity (Wildman–Crippen MR) is 143 cm³/mol. The van der Waals surface area contributed by atoms with Gasteiger partial charge in [0.1, 0.15) is 5.82 Å². The van der Waals surface area contributed by atoms with Gasteiger partial charge in [0.05, 0.1) is 47.8 Å². The van der Waals surface area contributed by atoms with Gasteiger partial charge in [-0.15, -0.1) is 12.4 Å². The number of rotatable bonds is 7. The maximum Gasteiger partial charge on any atom is 0.263 e. The maximum atomic E-state index is 15.0. The number of pyridine rings is 3. The Labute approximate surface area is 231 Å². The van der Waals surface area contributed by atoms with Gasteiger partial charge in [-0.1, -0.05) is 0 Å². The van der Waals surface area contributed by atoms with Crippen LogP contribution in [0.25, 0.3) is 11.0 Å². The smallest absolute Gasteiger partial charge is 0.263 e. The number of carbonyl (C=O) groups is 1. The molecule has 3 aromatic heterocycles. The average Bonchev–Trinajstić information content (AvgIpc) is 2.94. The van der Waals surface area contributed by atoms with Crippen molar-refractivity contribution in [3.63, 3.8) is 0 Å². The lowest BCUT2D eigenvalue weighted by molar-refractivity contribution is -0.244. The van der Waals surface area contributed by atoms with Crippen LogP contribution in [0.5, 0.6) is 11.6 Å². The zero-order valence-corrected chi connectivity index (χ0v) is 22.6. The van der Waals surface area contributed by atoms with Crippen LogP contribution >= 0.6 is 12.4 Å². The first-order chi connectivity index (χ1) is 18.2. The number of anilines is 1. The number of methoxy groups -OCH3 is 1. The highest BCUT2D eigenvalue weighted by molar-refractivity contribution is 5.94. The number of nitrogens with one attached hydrogen (secondary N) is 2. The number of hydrogen-bond donors (Lipinski definition) is 3. The second kappa shape index (κ2) is 10.1. The van der Waals surface area contributed by atoms with Crippen LogP contribution in [-0.4, -0.2) is 63.0 Å². The number of aliphatic hydroxyl groups is 1. The molecule has 208 valence electrons. The molecule has 4 aliphatic rings. The first-order valence-electron chi connectivity index (χ1n) is 12.7. The van der Waals surface area contributed by atoms with E-state index in [4.69, 9.17) is 14.2 Å². The van der Waals surface area contributed by atoms with Crippen molar-refractivity contribution in [1.29, 1.82) is 0 Å². The van der Waals surface area contributed by atoms with Crippen LogP contribution in [0.3, 0.4) is 0 Å². The summed E-state index contributed by atoms with van der Waals surface area (Å²) in [7, 11) is 1.50. The van der Waals surface area contributed by atoms with Crippen molar-refractivity contribution in [3.8, 4) is 11.6 Å². The summed E-state index contributed by atoms with van der Waals surface area (Å²) in [5, 5.41) is 18.1. The highest BCUT2D eigenvalue weighted by Crippen LogP contribution is 2.50. The minimum Gasteiger partial charge on any atom is -0.481 e. The highest BCUT2D eigenvalue weighted by Gasteiger charge is 2.58. The van der Waals surface area contributed by atoms with E-state index < -0.39 is 17.0 Å². The minimum absolute atomic E-state index is 0. The average molecular weight is 560 g/mol. The topological polar surface area (TPSA) is 128 Å². The Morgan fingerprint density at radius 2 is 2.00 bits per heavy atom. The Hall–Kier alpha value is -3.12. The normalized spacial score (nSPS) is 25.2. The van der Waals surface area contributed by atoms with E-state index in [1.165, 1.54) is 13.3 Å². The van der Waals surface area contributed by atoms with Crippen molar-refractivity contribution in [2.45, 2.75) is 62.3 Å². The van der Waals surface area contributed by atoms with Crippen LogP contribution in [0.2, 0.25) is 0 Å². The van der Waals surface area contributed by atoms with E-state index in [1.807, 2.05) is 12.1 Å². The summed E-state index contributed by atoms with van der Waals surface area (Å²) in [6.07, 6.45) is 4.03. The summed E-state index contributed by atoms with van der Waals surface area (Å²) in [5.74, 6) is 0.606. The second-order valence-corrected chi connectivity index (χ2v) is 10.7. The number of nitrogens with zero attached hydrogens (tertiary/aromatic N) is 3. The van der Waals surface area contributed by atoms with E-state index in [9.17, 15) is 14.3 Å². The molecule has 1 saturated carbocycles. The molecular formula is C27H31ClFN5O5. The largest absolute Gasteiger partial charge is 0.481 e. The van der Waals surface area contributed by atoms with E-state index in [1.54, 1.807) is 19.1 Å². The lowest BCUT2D eigenvalue weighted by atomic mass is 9.63. The Kier molecular flexibility index (Phi) is 7.13. The van der Waals surface area contributed by atoms with Gasteiger partial charge in [0, 0.05) is 30.1 Å². The summed E-state index contributed by atoms with van der Waals surface area (Å²) in [4.78, 5) is 24.7. The molecule has 3 aliphatic heterocycles. The van der Waals surface area contributed by atoms with Crippen molar-refractivity contribution in [1.82, 2.24) is 20.3 Å². The molecule has 0 spiro atoms. The molecule has 6 heterocycles. The molecule has 7 rings (SSSR count). The van der Waals surface area contributed by atoms with Crippen LogP contribution in [0, 0.1) is 5.82 Å². The number of amides is 1. The number of ether oxygens (including phenoxy) is 3. The molecule has 1 aliphatic carbocycles. The van der Waals surface area contributed by atoms with Gasteiger partial charge in [-0.25, -0.2) is 14.4 Å². The maximum absolute atomic E-state index is 15.0. The fourth-order valence-corrected chi connectivity index (χ4v) is 5.86. The van der Waals surface area contributed by atoms with Crippen LogP contribution < -0.4 is 20.1 Å². The minimum atomic E-state index is -1.34. The van der Waals surface area contributed by atoms with Gasteiger partial charge in [0.15, 0.2) is 18.2 Å². The quantitative estimate of drug-likeness (QED) is 0.400. The van der Waals surface area contributed by atoms with Gasteiger partial charge in [0.25, 0.3) is 5.91 Å². The van der Waals surface area contributed by atoms with Gasteiger partial charge >= 0.3 is 0 Å². The van der Waals surface area contributed by atoms with Crippen LogP contribution in [0.1, 0.15) is 43.9 Å². The van der Waals surface area contributed by atoms with Crippen molar-refractivity contribution >= 4 is 35.2 Å².